The Kier molecular flexibility index (Phi) is 5.45. The second-order valence-corrected chi connectivity index (χ2v) is 8.68. The molecule has 31 heavy (non-hydrogen) atoms. The van der Waals surface area contributed by atoms with E-state index in [-0.39, 0.29) is 12.5 Å². The van der Waals surface area contributed by atoms with Gasteiger partial charge in [0.1, 0.15) is 5.75 Å². The molecule has 0 spiro atoms. The van der Waals surface area contributed by atoms with Crippen LogP contribution in [0.3, 0.4) is 0 Å². The summed E-state index contributed by atoms with van der Waals surface area (Å²) in [5, 5.41) is 3.76. The summed E-state index contributed by atoms with van der Waals surface area (Å²) in [7, 11) is 0. The first kappa shape index (κ1) is 19.8. The van der Waals surface area contributed by atoms with E-state index in [9.17, 15) is 4.79 Å². The first-order valence-corrected chi connectivity index (χ1v) is 11.2. The van der Waals surface area contributed by atoms with Gasteiger partial charge in [0.2, 0.25) is 0 Å². The van der Waals surface area contributed by atoms with Crippen molar-refractivity contribution in [1.82, 2.24) is 4.98 Å². The average molecular weight is 447 g/mol. The molecule has 1 amide bonds. The molecule has 3 aromatic carbocycles. The number of halogens is 1. The van der Waals surface area contributed by atoms with Crippen molar-refractivity contribution in [2.75, 3.05) is 11.5 Å². The van der Waals surface area contributed by atoms with Crippen molar-refractivity contribution in [3.05, 3.63) is 99.3 Å². The molecule has 154 valence electrons. The lowest BCUT2D eigenvalue weighted by molar-refractivity contribution is -0.121. The number of benzene rings is 3. The predicted molar refractivity (Wildman–Crippen MR) is 125 cm³/mol. The highest BCUT2D eigenvalue weighted by Gasteiger charge is 2.27. The standard InChI is InChI=1S/C25H19ClN2O2S/c26-20-9-5-4-8-19(20)14-28-22-13-18(10-11-23(22)30-15-25(28)29)21-16-31-24(27-21)12-17-6-2-1-3-7-17/h1-11,13,16H,12,14-15H2. The molecular weight excluding hydrogens is 428 g/mol. The quantitative estimate of drug-likeness (QED) is 0.378. The Morgan fingerprint density at radius 3 is 2.68 bits per heavy atom. The number of hydrogen-bond acceptors (Lipinski definition) is 4. The summed E-state index contributed by atoms with van der Waals surface area (Å²) in [5.74, 6) is 0.600. The van der Waals surface area contributed by atoms with Crippen LogP contribution in [0.5, 0.6) is 5.75 Å². The minimum absolute atomic E-state index is 0.0225. The van der Waals surface area contributed by atoms with Gasteiger partial charge in [0.05, 0.1) is 22.9 Å². The third-order valence-corrected chi connectivity index (χ3v) is 6.45. The smallest absolute Gasteiger partial charge is 0.265 e. The van der Waals surface area contributed by atoms with Gasteiger partial charge in [0.15, 0.2) is 6.61 Å². The average Bonchev–Trinajstić information content (AvgIpc) is 3.26. The Bertz CT molecular complexity index is 1240. The molecule has 0 aliphatic carbocycles. The number of anilines is 1. The Morgan fingerprint density at radius 2 is 1.84 bits per heavy atom. The van der Waals surface area contributed by atoms with Crippen LogP contribution in [0.1, 0.15) is 16.1 Å². The van der Waals surface area contributed by atoms with Crippen LogP contribution in [-0.4, -0.2) is 17.5 Å². The fourth-order valence-electron chi connectivity index (χ4n) is 3.63. The van der Waals surface area contributed by atoms with Crippen LogP contribution in [0.15, 0.2) is 78.2 Å². The molecule has 0 atom stereocenters. The van der Waals surface area contributed by atoms with Crippen molar-refractivity contribution in [3.63, 3.8) is 0 Å². The second-order valence-electron chi connectivity index (χ2n) is 7.33. The first-order valence-electron chi connectivity index (χ1n) is 9.97. The van der Waals surface area contributed by atoms with Gasteiger partial charge in [0.25, 0.3) is 5.91 Å². The molecule has 0 saturated heterocycles. The molecule has 1 aliphatic heterocycles. The van der Waals surface area contributed by atoms with Crippen LogP contribution in [-0.2, 0) is 17.8 Å². The minimum Gasteiger partial charge on any atom is -0.482 e. The maximum Gasteiger partial charge on any atom is 0.265 e. The lowest BCUT2D eigenvalue weighted by Gasteiger charge is -2.30. The molecule has 0 fully saturated rings. The minimum atomic E-state index is -0.0902. The number of amides is 1. The van der Waals surface area contributed by atoms with Crippen LogP contribution in [0.2, 0.25) is 5.02 Å². The number of aromatic nitrogens is 1. The van der Waals surface area contributed by atoms with E-state index in [2.05, 4.69) is 17.5 Å². The number of carbonyl (C=O) groups excluding carboxylic acids is 1. The van der Waals surface area contributed by atoms with Crippen molar-refractivity contribution in [1.29, 1.82) is 0 Å². The largest absolute Gasteiger partial charge is 0.482 e. The summed E-state index contributed by atoms with van der Waals surface area (Å²) in [6.45, 7) is 0.420. The number of carbonyl (C=O) groups is 1. The van der Waals surface area contributed by atoms with E-state index in [4.69, 9.17) is 21.3 Å². The number of nitrogens with zero attached hydrogens (tertiary/aromatic N) is 2. The molecule has 5 rings (SSSR count). The van der Waals surface area contributed by atoms with Crippen LogP contribution in [0.25, 0.3) is 11.3 Å². The second kappa shape index (κ2) is 8.53. The van der Waals surface area contributed by atoms with Gasteiger partial charge in [-0.15, -0.1) is 11.3 Å². The zero-order valence-corrected chi connectivity index (χ0v) is 18.2. The van der Waals surface area contributed by atoms with Crippen molar-refractivity contribution in [2.45, 2.75) is 13.0 Å². The maximum atomic E-state index is 12.7. The van der Waals surface area contributed by atoms with Crippen molar-refractivity contribution < 1.29 is 9.53 Å². The third kappa shape index (κ3) is 4.20. The van der Waals surface area contributed by atoms with E-state index in [1.54, 1.807) is 16.2 Å². The van der Waals surface area contributed by atoms with E-state index in [0.717, 1.165) is 33.9 Å². The summed E-state index contributed by atoms with van der Waals surface area (Å²) >= 11 is 7.98. The molecule has 0 bridgehead atoms. The Balaban J connectivity index is 1.45. The van der Waals surface area contributed by atoms with Crippen LogP contribution >= 0.6 is 22.9 Å². The molecular formula is C25H19ClN2O2S. The number of fused-ring (bicyclic) bond motifs is 1. The normalized spacial score (nSPS) is 13.1. The van der Waals surface area contributed by atoms with Crippen LogP contribution < -0.4 is 9.64 Å². The van der Waals surface area contributed by atoms with Gasteiger partial charge >= 0.3 is 0 Å². The van der Waals surface area contributed by atoms with Crippen molar-refractivity contribution in [2.24, 2.45) is 0 Å². The van der Waals surface area contributed by atoms with Gasteiger partial charge in [-0.3, -0.25) is 4.79 Å². The van der Waals surface area contributed by atoms with Crippen molar-refractivity contribution >= 4 is 34.5 Å². The summed E-state index contributed by atoms with van der Waals surface area (Å²) in [6, 6.07) is 23.8. The summed E-state index contributed by atoms with van der Waals surface area (Å²) in [6.07, 6.45) is 0.802. The Hall–Kier alpha value is -3.15. The fraction of sp³-hybridized carbons (Fsp3) is 0.120. The molecule has 1 aliphatic rings. The SMILES string of the molecule is O=C1COc2ccc(-c3csc(Cc4ccccc4)n3)cc2N1Cc1ccccc1Cl. The van der Waals surface area contributed by atoms with E-state index < -0.39 is 0 Å². The topological polar surface area (TPSA) is 42.4 Å². The maximum absolute atomic E-state index is 12.7. The predicted octanol–water partition coefficient (Wildman–Crippen LogP) is 5.98. The summed E-state index contributed by atoms with van der Waals surface area (Å²) in [5.41, 5.74) is 4.73. The molecule has 0 unspecified atom stereocenters. The number of ether oxygens (including phenoxy) is 1. The lowest BCUT2D eigenvalue weighted by atomic mass is 10.1. The van der Waals surface area contributed by atoms with Crippen molar-refractivity contribution in [3.8, 4) is 17.0 Å². The van der Waals surface area contributed by atoms with Gasteiger partial charge < -0.3 is 9.64 Å². The molecule has 0 radical (unpaired) electrons. The third-order valence-electron chi connectivity index (χ3n) is 5.23. The zero-order valence-electron chi connectivity index (χ0n) is 16.6. The van der Waals surface area contributed by atoms with E-state index in [1.165, 1.54) is 5.56 Å². The Labute approximate surface area is 189 Å². The summed E-state index contributed by atoms with van der Waals surface area (Å²) in [4.78, 5) is 19.2. The molecule has 6 heteroatoms. The molecule has 2 heterocycles. The van der Waals surface area contributed by atoms with Crippen LogP contribution in [0.4, 0.5) is 5.69 Å². The number of thiazole rings is 1. The highest BCUT2D eigenvalue weighted by Crippen LogP contribution is 2.37. The van der Waals surface area contributed by atoms with Gasteiger partial charge in [-0.25, -0.2) is 4.98 Å². The highest BCUT2D eigenvalue weighted by molar-refractivity contribution is 7.10. The summed E-state index contributed by atoms with van der Waals surface area (Å²) < 4.78 is 5.67. The first-order chi connectivity index (χ1) is 15.2. The molecule has 4 aromatic rings. The van der Waals surface area contributed by atoms with Gasteiger partial charge in [-0.05, 0) is 35.4 Å². The van der Waals surface area contributed by atoms with E-state index >= 15 is 0 Å². The fourth-order valence-corrected chi connectivity index (χ4v) is 4.66. The van der Waals surface area contributed by atoms with E-state index in [1.807, 2.05) is 60.7 Å². The van der Waals surface area contributed by atoms with Gasteiger partial charge in [-0.2, -0.15) is 0 Å². The van der Waals surface area contributed by atoms with Gasteiger partial charge in [0, 0.05) is 22.4 Å². The monoisotopic (exact) mass is 446 g/mol. The van der Waals surface area contributed by atoms with E-state index in [0.29, 0.717) is 17.3 Å². The molecule has 1 aromatic heterocycles. The molecule has 4 nitrogen and oxygen atoms in total. The van der Waals surface area contributed by atoms with Crippen LogP contribution in [0, 0.1) is 0 Å². The molecule has 0 saturated carbocycles. The zero-order chi connectivity index (χ0) is 21.2. The number of rotatable bonds is 5. The number of hydrogen-bond donors (Lipinski definition) is 0. The Morgan fingerprint density at radius 1 is 1.03 bits per heavy atom. The highest BCUT2D eigenvalue weighted by atomic mass is 35.5. The molecule has 0 N–H and O–H groups in total. The lowest BCUT2D eigenvalue weighted by Crippen LogP contribution is -2.38. The van der Waals surface area contributed by atoms with Gasteiger partial charge in [-0.1, -0.05) is 60.1 Å².